The number of hydrogen-bond acceptors (Lipinski definition) is 4. The molecule has 2 heterocycles. The Balaban J connectivity index is 2.06. The summed E-state index contributed by atoms with van der Waals surface area (Å²) in [6.45, 7) is 3.40. The van der Waals surface area contributed by atoms with Gasteiger partial charge < -0.3 is 5.32 Å². The van der Waals surface area contributed by atoms with E-state index in [-0.39, 0.29) is 6.04 Å². The van der Waals surface area contributed by atoms with Crippen molar-refractivity contribution < 1.29 is 8.42 Å². The Morgan fingerprint density at radius 3 is 2.72 bits per heavy atom. The van der Waals surface area contributed by atoms with Crippen LogP contribution < -0.4 is 10.0 Å². The van der Waals surface area contributed by atoms with Crippen LogP contribution >= 0.6 is 0 Å². The summed E-state index contributed by atoms with van der Waals surface area (Å²) in [5, 5.41) is 2.60. The summed E-state index contributed by atoms with van der Waals surface area (Å²) >= 11 is 0. The van der Waals surface area contributed by atoms with Crippen molar-refractivity contribution in [2.45, 2.75) is 31.1 Å². The number of aromatic nitrogens is 1. The summed E-state index contributed by atoms with van der Waals surface area (Å²) in [6.07, 6.45) is 3.30. The van der Waals surface area contributed by atoms with Crippen molar-refractivity contribution in [1.82, 2.24) is 15.0 Å². The van der Waals surface area contributed by atoms with Crippen molar-refractivity contribution in [3.63, 3.8) is 0 Å². The van der Waals surface area contributed by atoms with E-state index in [0.717, 1.165) is 25.9 Å². The van der Waals surface area contributed by atoms with Gasteiger partial charge in [-0.1, -0.05) is 6.07 Å². The fourth-order valence-corrected chi connectivity index (χ4v) is 3.41. The largest absolute Gasteiger partial charge is 0.317 e. The SMILES string of the molecule is CC(c1ccccn1)S(=O)(=O)NC1CCNCC1. The van der Waals surface area contributed by atoms with E-state index < -0.39 is 15.3 Å². The zero-order chi connectivity index (χ0) is 13.0. The molecule has 2 N–H and O–H groups in total. The first-order chi connectivity index (χ1) is 8.59. The first kappa shape index (κ1) is 13.5. The van der Waals surface area contributed by atoms with E-state index in [9.17, 15) is 8.42 Å². The van der Waals surface area contributed by atoms with E-state index >= 15 is 0 Å². The summed E-state index contributed by atoms with van der Waals surface area (Å²) in [5.41, 5.74) is 0.582. The molecule has 1 aliphatic rings. The zero-order valence-electron chi connectivity index (χ0n) is 10.5. The standard InChI is InChI=1S/C12H19N3O2S/c1-10(12-4-2-3-7-14-12)18(16,17)15-11-5-8-13-9-6-11/h2-4,7,10-11,13,15H,5-6,8-9H2,1H3. The molecule has 0 saturated carbocycles. The molecule has 100 valence electrons. The molecule has 0 amide bonds. The van der Waals surface area contributed by atoms with Crippen molar-refractivity contribution >= 4 is 10.0 Å². The van der Waals surface area contributed by atoms with Crippen LogP contribution in [0.4, 0.5) is 0 Å². The maximum absolute atomic E-state index is 12.2. The van der Waals surface area contributed by atoms with Crippen LogP contribution in [0, 0.1) is 0 Å². The van der Waals surface area contributed by atoms with Crippen molar-refractivity contribution in [2.75, 3.05) is 13.1 Å². The van der Waals surface area contributed by atoms with Crippen molar-refractivity contribution in [3.05, 3.63) is 30.1 Å². The van der Waals surface area contributed by atoms with Crippen molar-refractivity contribution in [1.29, 1.82) is 0 Å². The number of sulfonamides is 1. The molecule has 1 aliphatic heterocycles. The quantitative estimate of drug-likeness (QED) is 0.848. The molecular weight excluding hydrogens is 250 g/mol. The molecule has 0 radical (unpaired) electrons. The number of hydrogen-bond donors (Lipinski definition) is 2. The van der Waals surface area contributed by atoms with Gasteiger partial charge >= 0.3 is 0 Å². The molecule has 6 heteroatoms. The van der Waals surface area contributed by atoms with Gasteiger partial charge in [-0.15, -0.1) is 0 Å². The van der Waals surface area contributed by atoms with Crippen LogP contribution in [0.5, 0.6) is 0 Å². The lowest BCUT2D eigenvalue weighted by molar-refractivity contribution is 0.425. The fourth-order valence-electron chi connectivity index (χ4n) is 2.05. The Hall–Kier alpha value is -0.980. The number of rotatable bonds is 4. The highest BCUT2D eigenvalue weighted by atomic mass is 32.2. The highest BCUT2D eigenvalue weighted by Gasteiger charge is 2.27. The first-order valence-electron chi connectivity index (χ1n) is 6.22. The second-order valence-corrected chi connectivity index (χ2v) is 6.62. The zero-order valence-corrected chi connectivity index (χ0v) is 11.3. The molecule has 5 nitrogen and oxygen atoms in total. The van der Waals surface area contributed by atoms with E-state index in [1.54, 1.807) is 31.3 Å². The highest BCUT2D eigenvalue weighted by Crippen LogP contribution is 2.19. The fraction of sp³-hybridized carbons (Fsp3) is 0.583. The van der Waals surface area contributed by atoms with Crippen LogP contribution in [0.15, 0.2) is 24.4 Å². The van der Waals surface area contributed by atoms with Crippen LogP contribution in [0.2, 0.25) is 0 Å². The molecule has 1 saturated heterocycles. The maximum Gasteiger partial charge on any atom is 0.220 e. The van der Waals surface area contributed by atoms with Gasteiger partial charge in [-0.05, 0) is 45.0 Å². The van der Waals surface area contributed by atoms with Crippen LogP contribution in [0.1, 0.15) is 30.7 Å². The van der Waals surface area contributed by atoms with Crippen molar-refractivity contribution in [3.8, 4) is 0 Å². The Kier molecular flexibility index (Phi) is 4.31. The van der Waals surface area contributed by atoms with E-state index in [1.807, 2.05) is 0 Å². The molecule has 1 aromatic rings. The van der Waals surface area contributed by atoms with E-state index in [0.29, 0.717) is 5.69 Å². The molecule has 1 atom stereocenters. The molecular formula is C12H19N3O2S. The van der Waals surface area contributed by atoms with Gasteiger partial charge in [0.2, 0.25) is 10.0 Å². The summed E-state index contributed by atoms with van der Waals surface area (Å²) < 4.78 is 27.2. The van der Waals surface area contributed by atoms with Gasteiger partial charge in [0.25, 0.3) is 0 Å². The van der Waals surface area contributed by atoms with Gasteiger partial charge in [-0.3, -0.25) is 4.98 Å². The molecule has 1 fully saturated rings. The number of piperidine rings is 1. The predicted molar refractivity (Wildman–Crippen MR) is 70.6 cm³/mol. The molecule has 1 aromatic heterocycles. The number of nitrogens with one attached hydrogen (secondary N) is 2. The summed E-state index contributed by atoms with van der Waals surface area (Å²) in [7, 11) is -3.35. The molecule has 0 aliphatic carbocycles. The summed E-state index contributed by atoms with van der Waals surface area (Å²) in [6, 6.07) is 5.37. The Morgan fingerprint density at radius 2 is 2.11 bits per heavy atom. The molecule has 0 bridgehead atoms. The van der Waals surface area contributed by atoms with Gasteiger partial charge in [-0.25, -0.2) is 13.1 Å². The molecule has 0 spiro atoms. The van der Waals surface area contributed by atoms with Crippen LogP contribution in [0.3, 0.4) is 0 Å². The van der Waals surface area contributed by atoms with E-state index in [1.165, 1.54) is 0 Å². The monoisotopic (exact) mass is 269 g/mol. The third kappa shape index (κ3) is 3.28. The first-order valence-corrected chi connectivity index (χ1v) is 7.77. The lowest BCUT2D eigenvalue weighted by Crippen LogP contribution is -2.43. The highest BCUT2D eigenvalue weighted by molar-refractivity contribution is 7.89. The van der Waals surface area contributed by atoms with Gasteiger partial charge in [-0.2, -0.15) is 0 Å². The Morgan fingerprint density at radius 1 is 1.39 bits per heavy atom. The molecule has 1 unspecified atom stereocenters. The normalized spacial score (nSPS) is 19.6. The second-order valence-electron chi connectivity index (χ2n) is 4.58. The van der Waals surface area contributed by atoms with Gasteiger partial charge in [0, 0.05) is 12.2 Å². The van der Waals surface area contributed by atoms with Crippen LogP contribution in [-0.2, 0) is 10.0 Å². The minimum absolute atomic E-state index is 0.0439. The Bertz CT molecular complexity index is 469. The lowest BCUT2D eigenvalue weighted by atomic mass is 10.1. The minimum atomic E-state index is -3.35. The van der Waals surface area contributed by atoms with Crippen LogP contribution in [-0.4, -0.2) is 32.5 Å². The van der Waals surface area contributed by atoms with Gasteiger partial charge in [0.1, 0.15) is 5.25 Å². The van der Waals surface area contributed by atoms with Crippen molar-refractivity contribution in [2.24, 2.45) is 0 Å². The lowest BCUT2D eigenvalue weighted by Gasteiger charge is -2.25. The number of nitrogens with zero attached hydrogens (tertiary/aromatic N) is 1. The third-order valence-electron chi connectivity index (χ3n) is 3.24. The number of pyridine rings is 1. The average molecular weight is 269 g/mol. The van der Waals surface area contributed by atoms with Gasteiger partial charge in [0.05, 0.1) is 5.69 Å². The average Bonchev–Trinajstić information content (AvgIpc) is 2.39. The molecule has 0 aromatic carbocycles. The maximum atomic E-state index is 12.2. The molecule has 18 heavy (non-hydrogen) atoms. The van der Waals surface area contributed by atoms with E-state index in [2.05, 4.69) is 15.0 Å². The third-order valence-corrected chi connectivity index (χ3v) is 5.07. The van der Waals surface area contributed by atoms with Gasteiger partial charge in [0.15, 0.2) is 0 Å². The second kappa shape index (κ2) is 5.77. The van der Waals surface area contributed by atoms with Crippen LogP contribution in [0.25, 0.3) is 0 Å². The minimum Gasteiger partial charge on any atom is -0.317 e. The molecule has 2 rings (SSSR count). The summed E-state index contributed by atoms with van der Waals surface area (Å²) in [4.78, 5) is 4.11. The van der Waals surface area contributed by atoms with E-state index in [4.69, 9.17) is 0 Å². The summed E-state index contributed by atoms with van der Waals surface area (Å²) in [5.74, 6) is 0. The predicted octanol–water partition coefficient (Wildman–Crippen LogP) is 0.814. The smallest absolute Gasteiger partial charge is 0.220 e. The Labute approximate surface area is 108 Å². The topological polar surface area (TPSA) is 71.1 Å².